The summed E-state index contributed by atoms with van der Waals surface area (Å²) in [5.74, 6) is 1.58. The minimum Gasteiger partial charge on any atom is -0.489 e. The molecule has 3 rings (SSSR count). The molecular weight excluding hydrogens is 342 g/mol. The molecule has 0 amide bonds. The summed E-state index contributed by atoms with van der Waals surface area (Å²) in [6, 6.07) is 19.1. The van der Waals surface area contributed by atoms with Crippen molar-refractivity contribution in [2.24, 2.45) is 0 Å². The van der Waals surface area contributed by atoms with Gasteiger partial charge in [0.1, 0.15) is 23.1 Å². The summed E-state index contributed by atoms with van der Waals surface area (Å²) >= 11 is 11.6. The first kappa shape index (κ1) is 16.6. The molecule has 0 aliphatic rings. The van der Waals surface area contributed by atoms with Crippen LogP contribution in [0.25, 0.3) is 0 Å². The summed E-state index contributed by atoms with van der Waals surface area (Å²) in [4.78, 5) is 0.648. The lowest BCUT2D eigenvalue weighted by Gasteiger charge is -2.10. The van der Waals surface area contributed by atoms with E-state index in [-0.39, 0.29) is 0 Å². The van der Waals surface area contributed by atoms with Crippen LogP contribution in [0.4, 0.5) is 0 Å². The van der Waals surface area contributed by atoms with Crippen molar-refractivity contribution in [3.05, 3.63) is 88.8 Å². The average molecular weight is 358 g/mol. The van der Waals surface area contributed by atoms with Gasteiger partial charge in [0, 0.05) is 16.1 Å². The second-order valence-corrected chi connectivity index (χ2v) is 5.99. The predicted molar refractivity (Wildman–Crippen MR) is 99.5 cm³/mol. The Hall–Kier alpha value is -2.30. The van der Waals surface area contributed by atoms with Gasteiger partial charge in [-0.1, -0.05) is 54.2 Å². The highest BCUT2D eigenvalue weighted by molar-refractivity contribution is 7.80. The van der Waals surface area contributed by atoms with E-state index in [0.717, 1.165) is 22.6 Å². The van der Waals surface area contributed by atoms with Crippen molar-refractivity contribution in [1.29, 1.82) is 0 Å². The molecule has 0 bridgehead atoms. The second-order valence-electron chi connectivity index (χ2n) is 5.17. The number of hydrogen-bond acceptors (Lipinski definition) is 3. The summed E-state index contributed by atoms with van der Waals surface area (Å²) in [5, 5.41) is 3.87. The molecule has 24 heavy (non-hydrogen) atoms. The van der Waals surface area contributed by atoms with E-state index in [1.807, 2.05) is 60.7 Å². The molecule has 0 radical (unpaired) electrons. The number of ether oxygens (including phenoxy) is 1. The van der Waals surface area contributed by atoms with E-state index in [2.05, 4.69) is 5.32 Å². The van der Waals surface area contributed by atoms with Gasteiger partial charge in [0.25, 0.3) is 0 Å². The topological polar surface area (TPSA) is 34.4 Å². The van der Waals surface area contributed by atoms with Gasteiger partial charge in [-0.25, -0.2) is 0 Å². The smallest absolute Gasteiger partial charge is 0.122 e. The van der Waals surface area contributed by atoms with Gasteiger partial charge < -0.3 is 14.5 Å². The minimum atomic E-state index is 0.412. The molecule has 1 heterocycles. The first-order chi connectivity index (χ1) is 11.7. The highest BCUT2D eigenvalue weighted by Crippen LogP contribution is 2.19. The van der Waals surface area contributed by atoms with Crippen LogP contribution in [-0.2, 0) is 13.2 Å². The monoisotopic (exact) mass is 357 g/mol. The van der Waals surface area contributed by atoms with Gasteiger partial charge in [0.05, 0.1) is 12.8 Å². The van der Waals surface area contributed by atoms with E-state index in [4.69, 9.17) is 33.0 Å². The number of thiocarbonyl (C=S) groups is 1. The Kier molecular flexibility index (Phi) is 5.51. The molecule has 0 atom stereocenters. The van der Waals surface area contributed by atoms with Gasteiger partial charge in [-0.3, -0.25) is 0 Å². The second kappa shape index (κ2) is 7.99. The molecule has 0 saturated heterocycles. The van der Waals surface area contributed by atoms with Crippen LogP contribution >= 0.6 is 23.8 Å². The molecule has 3 aromatic rings. The molecule has 5 heteroatoms. The highest BCUT2D eigenvalue weighted by atomic mass is 35.5. The maximum Gasteiger partial charge on any atom is 0.122 e. The number of hydrogen-bond donors (Lipinski definition) is 1. The Morgan fingerprint density at radius 1 is 1.08 bits per heavy atom. The van der Waals surface area contributed by atoms with E-state index in [0.29, 0.717) is 23.2 Å². The Labute approximate surface area is 151 Å². The van der Waals surface area contributed by atoms with Crippen LogP contribution in [0.5, 0.6) is 5.75 Å². The lowest BCUT2D eigenvalue weighted by molar-refractivity contribution is 0.306. The SMILES string of the molecule is S=C(NCc1ccco1)c1cccc(OCc2ccccc2Cl)c1. The summed E-state index contributed by atoms with van der Waals surface area (Å²) in [5.41, 5.74) is 1.84. The molecule has 0 spiro atoms. The van der Waals surface area contributed by atoms with E-state index in [1.54, 1.807) is 6.26 Å². The Morgan fingerprint density at radius 3 is 2.75 bits per heavy atom. The molecule has 3 nitrogen and oxygen atoms in total. The standard InChI is InChI=1S/C19H16ClNO2S/c20-18-9-2-1-5-15(18)13-23-16-7-3-6-14(11-16)19(24)21-12-17-8-4-10-22-17/h1-11H,12-13H2,(H,21,24). The van der Waals surface area contributed by atoms with Crippen molar-refractivity contribution < 1.29 is 9.15 Å². The van der Waals surface area contributed by atoms with Gasteiger partial charge >= 0.3 is 0 Å². The molecule has 122 valence electrons. The highest BCUT2D eigenvalue weighted by Gasteiger charge is 2.05. The van der Waals surface area contributed by atoms with Crippen LogP contribution in [0.3, 0.4) is 0 Å². The maximum atomic E-state index is 6.14. The van der Waals surface area contributed by atoms with Crippen molar-refractivity contribution in [2.45, 2.75) is 13.2 Å². The molecule has 0 saturated carbocycles. The third kappa shape index (κ3) is 4.37. The zero-order valence-electron chi connectivity index (χ0n) is 12.9. The predicted octanol–water partition coefficient (Wildman–Crippen LogP) is 4.98. The van der Waals surface area contributed by atoms with Crippen LogP contribution in [0.15, 0.2) is 71.3 Å². The number of benzene rings is 2. The maximum absolute atomic E-state index is 6.14. The zero-order valence-corrected chi connectivity index (χ0v) is 14.4. The quantitative estimate of drug-likeness (QED) is 0.631. The molecule has 1 aromatic heterocycles. The third-order valence-electron chi connectivity index (χ3n) is 3.45. The largest absolute Gasteiger partial charge is 0.489 e. The van der Waals surface area contributed by atoms with Crippen LogP contribution in [0.1, 0.15) is 16.9 Å². The van der Waals surface area contributed by atoms with Crippen molar-refractivity contribution in [3.63, 3.8) is 0 Å². The Bertz CT molecular complexity index is 818. The summed E-state index contributed by atoms with van der Waals surface area (Å²) in [7, 11) is 0. The number of furan rings is 1. The zero-order chi connectivity index (χ0) is 16.8. The molecule has 0 unspecified atom stereocenters. The first-order valence-corrected chi connectivity index (χ1v) is 8.28. The van der Waals surface area contributed by atoms with Crippen molar-refractivity contribution in [2.75, 3.05) is 0 Å². The molecular formula is C19H16ClNO2S. The molecule has 0 fully saturated rings. The first-order valence-electron chi connectivity index (χ1n) is 7.49. The van der Waals surface area contributed by atoms with Gasteiger partial charge in [-0.15, -0.1) is 0 Å². The molecule has 0 aliphatic heterocycles. The van der Waals surface area contributed by atoms with Gasteiger partial charge in [0.15, 0.2) is 0 Å². The van der Waals surface area contributed by atoms with Gasteiger partial charge in [-0.2, -0.15) is 0 Å². The minimum absolute atomic E-state index is 0.412. The lowest BCUT2D eigenvalue weighted by atomic mass is 10.2. The Morgan fingerprint density at radius 2 is 1.96 bits per heavy atom. The van der Waals surface area contributed by atoms with E-state index in [1.165, 1.54) is 0 Å². The van der Waals surface area contributed by atoms with Crippen LogP contribution < -0.4 is 10.1 Å². The van der Waals surface area contributed by atoms with E-state index >= 15 is 0 Å². The van der Waals surface area contributed by atoms with E-state index in [9.17, 15) is 0 Å². The van der Waals surface area contributed by atoms with Crippen molar-refractivity contribution in [1.82, 2.24) is 5.32 Å². The van der Waals surface area contributed by atoms with Crippen LogP contribution in [0, 0.1) is 0 Å². The fraction of sp³-hybridized carbons (Fsp3) is 0.105. The van der Waals surface area contributed by atoms with Gasteiger partial charge in [-0.05, 0) is 30.3 Å². The lowest BCUT2D eigenvalue weighted by Crippen LogP contribution is -2.21. The third-order valence-corrected chi connectivity index (χ3v) is 4.20. The van der Waals surface area contributed by atoms with Gasteiger partial charge in [0.2, 0.25) is 0 Å². The Balaban J connectivity index is 1.61. The summed E-state index contributed by atoms with van der Waals surface area (Å²) in [6.45, 7) is 0.965. The van der Waals surface area contributed by atoms with E-state index < -0.39 is 0 Å². The van der Waals surface area contributed by atoms with Crippen LogP contribution in [0.2, 0.25) is 5.02 Å². The molecule has 0 aliphatic carbocycles. The van der Waals surface area contributed by atoms with Crippen LogP contribution in [-0.4, -0.2) is 4.99 Å². The fourth-order valence-electron chi connectivity index (χ4n) is 2.19. The normalized spacial score (nSPS) is 10.4. The fourth-order valence-corrected chi connectivity index (χ4v) is 2.58. The van der Waals surface area contributed by atoms with Crippen molar-refractivity contribution >= 4 is 28.8 Å². The number of rotatable bonds is 6. The molecule has 1 N–H and O–H groups in total. The van der Waals surface area contributed by atoms with Crippen molar-refractivity contribution in [3.8, 4) is 5.75 Å². The average Bonchev–Trinajstić information content (AvgIpc) is 3.13. The summed E-state index contributed by atoms with van der Waals surface area (Å²) < 4.78 is 11.1. The summed E-state index contributed by atoms with van der Waals surface area (Å²) in [6.07, 6.45) is 1.64. The number of nitrogens with one attached hydrogen (secondary N) is 1. The number of halogens is 1. The molecule has 2 aromatic carbocycles.